The van der Waals surface area contributed by atoms with Crippen LogP contribution in [0.1, 0.15) is 11.1 Å². The summed E-state index contributed by atoms with van der Waals surface area (Å²) in [5.41, 5.74) is 12.8. The molecule has 82 valence electrons. The van der Waals surface area contributed by atoms with Crippen LogP contribution in [0, 0.1) is 0 Å². The second kappa shape index (κ2) is 5.48. The summed E-state index contributed by atoms with van der Waals surface area (Å²) in [4.78, 5) is 12.5. The molecule has 0 radical (unpaired) electrons. The minimum atomic E-state index is -0.309. The first-order valence-electron chi connectivity index (χ1n) is 4.86. The smallest absolute Gasteiger partial charge is 0.231 e. The van der Waals surface area contributed by atoms with Gasteiger partial charge in [-0.1, -0.05) is 24.3 Å². The largest absolute Gasteiger partial charge is 0.369 e. The van der Waals surface area contributed by atoms with Crippen LogP contribution >= 0.6 is 0 Å². The number of nitrogens with zero attached hydrogens (tertiary/aromatic N) is 1. The summed E-state index contributed by atoms with van der Waals surface area (Å²) in [6.45, 7) is 1.55. The Hall–Kier alpha value is -1.39. The lowest BCUT2D eigenvalue weighted by Gasteiger charge is -2.14. The molecule has 0 saturated heterocycles. The molecule has 1 aromatic rings. The number of likely N-dealkylation sites (N-methyl/N-ethyl adjacent to an activating group) is 1. The van der Waals surface area contributed by atoms with Crippen LogP contribution in [0.15, 0.2) is 24.3 Å². The Balaban J connectivity index is 2.53. The zero-order valence-corrected chi connectivity index (χ0v) is 8.94. The molecule has 1 amide bonds. The molecule has 0 aromatic heterocycles. The molecule has 4 N–H and O–H groups in total. The monoisotopic (exact) mass is 207 g/mol. The number of nitrogens with two attached hydrogens (primary N) is 2. The van der Waals surface area contributed by atoms with Gasteiger partial charge >= 0.3 is 0 Å². The minimum absolute atomic E-state index is 0.276. The minimum Gasteiger partial charge on any atom is -0.369 e. The number of primary amides is 1. The summed E-state index contributed by atoms with van der Waals surface area (Å²) in [6.07, 6.45) is 0. The van der Waals surface area contributed by atoms with Crippen LogP contribution in [0.5, 0.6) is 0 Å². The van der Waals surface area contributed by atoms with Gasteiger partial charge in [0.25, 0.3) is 0 Å². The van der Waals surface area contributed by atoms with Gasteiger partial charge < -0.3 is 11.5 Å². The van der Waals surface area contributed by atoms with E-state index in [4.69, 9.17) is 11.5 Å². The molecule has 0 saturated carbocycles. The van der Waals surface area contributed by atoms with Crippen molar-refractivity contribution >= 4 is 5.91 Å². The standard InChI is InChI=1S/C11H17N3O/c1-14(8-11(13)15)7-10-4-2-9(6-12)3-5-10/h2-5H,6-8,12H2,1H3,(H2,13,15). The summed E-state index contributed by atoms with van der Waals surface area (Å²) >= 11 is 0. The molecule has 4 nitrogen and oxygen atoms in total. The third-order valence-electron chi connectivity index (χ3n) is 2.14. The van der Waals surface area contributed by atoms with Gasteiger partial charge in [-0.2, -0.15) is 0 Å². The van der Waals surface area contributed by atoms with Gasteiger partial charge in [0.15, 0.2) is 0 Å². The van der Waals surface area contributed by atoms with Crippen LogP contribution < -0.4 is 11.5 Å². The number of rotatable bonds is 5. The van der Waals surface area contributed by atoms with Gasteiger partial charge in [0.05, 0.1) is 6.54 Å². The topological polar surface area (TPSA) is 72.3 Å². The van der Waals surface area contributed by atoms with E-state index in [1.165, 1.54) is 0 Å². The van der Waals surface area contributed by atoms with E-state index < -0.39 is 0 Å². The van der Waals surface area contributed by atoms with Gasteiger partial charge in [-0.05, 0) is 18.2 Å². The molecule has 15 heavy (non-hydrogen) atoms. The van der Waals surface area contributed by atoms with Crippen molar-refractivity contribution in [1.82, 2.24) is 4.90 Å². The zero-order chi connectivity index (χ0) is 11.3. The van der Waals surface area contributed by atoms with Crippen LogP contribution in [-0.2, 0) is 17.9 Å². The van der Waals surface area contributed by atoms with Crippen molar-refractivity contribution in [1.29, 1.82) is 0 Å². The van der Waals surface area contributed by atoms with Crippen molar-refractivity contribution in [3.8, 4) is 0 Å². The first-order chi connectivity index (χ1) is 7.11. The third kappa shape index (κ3) is 4.10. The van der Waals surface area contributed by atoms with Crippen molar-refractivity contribution in [3.05, 3.63) is 35.4 Å². The Bertz CT molecular complexity index is 321. The quantitative estimate of drug-likeness (QED) is 0.717. The van der Waals surface area contributed by atoms with Crippen molar-refractivity contribution < 1.29 is 4.79 Å². The highest BCUT2D eigenvalue weighted by atomic mass is 16.1. The second-order valence-electron chi connectivity index (χ2n) is 3.66. The van der Waals surface area contributed by atoms with E-state index in [0.717, 1.165) is 11.1 Å². The van der Waals surface area contributed by atoms with Crippen molar-refractivity contribution in [3.63, 3.8) is 0 Å². The van der Waals surface area contributed by atoms with Gasteiger partial charge in [-0.15, -0.1) is 0 Å². The highest BCUT2D eigenvalue weighted by molar-refractivity contribution is 5.75. The average molecular weight is 207 g/mol. The number of amides is 1. The molecule has 0 heterocycles. The molecule has 0 bridgehead atoms. The predicted molar refractivity (Wildman–Crippen MR) is 59.9 cm³/mol. The van der Waals surface area contributed by atoms with Gasteiger partial charge in [0.2, 0.25) is 5.91 Å². The lowest BCUT2D eigenvalue weighted by atomic mass is 10.1. The van der Waals surface area contributed by atoms with E-state index >= 15 is 0 Å². The average Bonchev–Trinajstić information content (AvgIpc) is 2.17. The molecule has 1 rings (SSSR count). The maximum atomic E-state index is 10.7. The molecule has 0 aliphatic carbocycles. The van der Waals surface area contributed by atoms with Gasteiger partial charge in [0.1, 0.15) is 0 Å². The van der Waals surface area contributed by atoms with E-state index in [2.05, 4.69) is 0 Å². The highest BCUT2D eigenvalue weighted by Crippen LogP contribution is 2.05. The van der Waals surface area contributed by atoms with Crippen LogP contribution in [0.2, 0.25) is 0 Å². The van der Waals surface area contributed by atoms with E-state index in [-0.39, 0.29) is 12.5 Å². The Kier molecular flexibility index (Phi) is 4.27. The van der Waals surface area contributed by atoms with E-state index in [1.54, 1.807) is 0 Å². The molecule has 0 spiro atoms. The fourth-order valence-corrected chi connectivity index (χ4v) is 1.41. The second-order valence-corrected chi connectivity index (χ2v) is 3.66. The van der Waals surface area contributed by atoms with Crippen molar-refractivity contribution in [2.45, 2.75) is 13.1 Å². The first kappa shape index (κ1) is 11.7. The summed E-state index contributed by atoms with van der Waals surface area (Å²) in [5, 5.41) is 0. The van der Waals surface area contributed by atoms with E-state index in [1.807, 2.05) is 36.2 Å². The molecule has 0 atom stereocenters. The van der Waals surface area contributed by atoms with Gasteiger partial charge in [0, 0.05) is 13.1 Å². The van der Waals surface area contributed by atoms with Crippen LogP contribution in [-0.4, -0.2) is 24.4 Å². The Labute approximate surface area is 89.9 Å². The Morgan fingerprint density at radius 3 is 2.27 bits per heavy atom. The third-order valence-corrected chi connectivity index (χ3v) is 2.14. The van der Waals surface area contributed by atoms with Gasteiger partial charge in [-0.3, -0.25) is 9.69 Å². The first-order valence-corrected chi connectivity index (χ1v) is 4.86. The Morgan fingerprint density at radius 2 is 1.80 bits per heavy atom. The normalized spacial score (nSPS) is 10.6. The summed E-state index contributed by atoms with van der Waals surface area (Å²) < 4.78 is 0. The maximum Gasteiger partial charge on any atom is 0.231 e. The van der Waals surface area contributed by atoms with Crippen LogP contribution in [0.25, 0.3) is 0 Å². The van der Waals surface area contributed by atoms with Gasteiger partial charge in [-0.25, -0.2) is 0 Å². The zero-order valence-electron chi connectivity index (χ0n) is 8.94. The number of hydrogen-bond donors (Lipinski definition) is 2. The lowest BCUT2D eigenvalue weighted by molar-refractivity contribution is -0.118. The summed E-state index contributed by atoms with van der Waals surface area (Å²) in [5.74, 6) is -0.309. The van der Waals surface area contributed by atoms with Crippen LogP contribution in [0.3, 0.4) is 0 Å². The number of benzene rings is 1. The van der Waals surface area contributed by atoms with Crippen molar-refractivity contribution in [2.24, 2.45) is 11.5 Å². The fourth-order valence-electron chi connectivity index (χ4n) is 1.41. The number of carbonyl (C=O) groups is 1. The van der Waals surface area contributed by atoms with Crippen LogP contribution in [0.4, 0.5) is 0 Å². The van der Waals surface area contributed by atoms with E-state index in [9.17, 15) is 4.79 Å². The highest BCUT2D eigenvalue weighted by Gasteiger charge is 2.03. The lowest BCUT2D eigenvalue weighted by Crippen LogP contribution is -2.30. The number of carbonyl (C=O) groups excluding carboxylic acids is 1. The molecule has 0 aliphatic rings. The molecule has 1 aromatic carbocycles. The molecular formula is C11H17N3O. The summed E-state index contributed by atoms with van der Waals surface area (Å²) in [6, 6.07) is 8.01. The van der Waals surface area contributed by atoms with Crippen molar-refractivity contribution in [2.75, 3.05) is 13.6 Å². The molecule has 0 unspecified atom stereocenters. The fraction of sp³-hybridized carbons (Fsp3) is 0.364. The number of hydrogen-bond acceptors (Lipinski definition) is 3. The SMILES string of the molecule is CN(CC(N)=O)Cc1ccc(CN)cc1. The molecule has 0 aliphatic heterocycles. The van der Waals surface area contributed by atoms with E-state index in [0.29, 0.717) is 13.1 Å². The molecule has 4 heteroatoms. The molecular weight excluding hydrogens is 190 g/mol. The predicted octanol–water partition coefficient (Wildman–Crippen LogP) is 0.0624. The Morgan fingerprint density at radius 1 is 1.27 bits per heavy atom. The maximum absolute atomic E-state index is 10.7. The molecule has 0 fully saturated rings. The summed E-state index contributed by atoms with van der Waals surface area (Å²) in [7, 11) is 1.86.